The Bertz CT molecular complexity index is 793. The highest BCUT2D eigenvalue weighted by Crippen LogP contribution is 2.13. The van der Waals surface area contributed by atoms with Crippen molar-refractivity contribution >= 4 is 11.9 Å². The van der Waals surface area contributed by atoms with Crippen LogP contribution in [-0.4, -0.2) is 38.0 Å². The summed E-state index contributed by atoms with van der Waals surface area (Å²) in [6.07, 6.45) is 1.67. The zero-order valence-electron chi connectivity index (χ0n) is 12.1. The van der Waals surface area contributed by atoms with Gasteiger partial charge in [-0.3, -0.25) is 10.1 Å². The maximum Gasteiger partial charge on any atom is 0.336 e. The first-order chi connectivity index (χ1) is 10.7. The van der Waals surface area contributed by atoms with Gasteiger partial charge in [-0.15, -0.1) is 5.10 Å². The molecule has 0 aliphatic carbocycles. The van der Waals surface area contributed by atoms with Crippen LogP contribution < -0.4 is 10.1 Å². The van der Waals surface area contributed by atoms with Crippen LogP contribution >= 0.6 is 0 Å². The van der Waals surface area contributed by atoms with Crippen LogP contribution in [0.2, 0.25) is 0 Å². The molecule has 0 atom stereocenters. The second kappa shape index (κ2) is 5.68. The van der Waals surface area contributed by atoms with Crippen LogP contribution in [0.5, 0.6) is 6.01 Å². The summed E-state index contributed by atoms with van der Waals surface area (Å²) in [7, 11) is 1.45. The molecule has 3 aromatic rings. The topological polar surface area (TPSA) is 97.7 Å². The number of para-hydroxylation sites is 1. The third kappa shape index (κ3) is 2.66. The molecule has 0 spiro atoms. The van der Waals surface area contributed by atoms with Gasteiger partial charge in [0.15, 0.2) is 0 Å². The smallest absolute Gasteiger partial charge is 0.336 e. The van der Waals surface area contributed by atoms with Crippen LogP contribution in [0.1, 0.15) is 16.1 Å². The van der Waals surface area contributed by atoms with Crippen molar-refractivity contribution in [1.82, 2.24) is 25.0 Å². The number of nitrogens with one attached hydrogen (secondary N) is 2. The minimum atomic E-state index is -0.321. The van der Waals surface area contributed by atoms with Gasteiger partial charge in [0.05, 0.1) is 24.1 Å². The zero-order chi connectivity index (χ0) is 15.5. The van der Waals surface area contributed by atoms with Crippen LogP contribution in [0.25, 0.3) is 5.69 Å². The lowest BCUT2D eigenvalue weighted by Gasteiger charge is -1.99. The van der Waals surface area contributed by atoms with Gasteiger partial charge >= 0.3 is 6.01 Å². The van der Waals surface area contributed by atoms with Crippen molar-refractivity contribution in [2.24, 2.45) is 0 Å². The second-order valence-electron chi connectivity index (χ2n) is 4.53. The van der Waals surface area contributed by atoms with Crippen LogP contribution in [0.3, 0.4) is 0 Å². The Hall–Kier alpha value is -3.16. The number of carbonyl (C=O) groups excluding carboxylic acids is 1. The number of aromatic amines is 1. The lowest BCUT2D eigenvalue weighted by atomic mass is 10.2. The molecule has 0 aliphatic rings. The van der Waals surface area contributed by atoms with Crippen molar-refractivity contribution < 1.29 is 9.53 Å². The summed E-state index contributed by atoms with van der Waals surface area (Å²) in [6, 6.07) is 9.72. The fraction of sp³-hybridized carbons (Fsp3) is 0.143. The first-order valence-electron chi connectivity index (χ1n) is 6.57. The van der Waals surface area contributed by atoms with E-state index in [2.05, 4.69) is 25.6 Å². The van der Waals surface area contributed by atoms with E-state index in [1.807, 2.05) is 30.3 Å². The molecule has 0 radical (unpaired) electrons. The third-order valence-electron chi connectivity index (χ3n) is 3.04. The molecule has 0 aliphatic heterocycles. The van der Waals surface area contributed by atoms with Gasteiger partial charge in [0, 0.05) is 6.20 Å². The summed E-state index contributed by atoms with van der Waals surface area (Å²) >= 11 is 0. The van der Waals surface area contributed by atoms with Crippen LogP contribution in [0.15, 0.2) is 36.5 Å². The standard InChI is InChI=1S/C14H14N6O2/c1-9-11(8-20(19-9)10-6-4-3-5-7-10)12(21)15-13-16-14(22-2)18-17-13/h3-8H,1-2H3,(H2,15,16,17,18,21). The molecule has 0 saturated carbocycles. The highest BCUT2D eigenvalue weighted by Gasteiger charge is 2.16. The number of amides is 1. The maximum absolute atomic E-state index is 12.3. The van der Waals surface area contributed by atoms with E-state index < -0.39 is 0 Å². The number of hydrogen-bond donors (Lipinski definition) is 2. The van der Waals surface area contributed by atoms with E-state index in [4.69, 9.17) is 4.74 Å². The van der Waals surface area contributed by atoms with Crippen LogP contribution in [-0.2, 0) is 0 Å². The van der Waals surface area contributed by atoms with E-state index in [0.29, 0.717) is 11.3 Å². The Kier molecular flexibility index (Phi) is 3.57. The molecule has 112 valence electrons. The number of hydrogen-bond acceptors (Lipinski definition) is 5. The highest BCUT2D eigenvalue weighted by molar-refractivity contribution is 6.04. The van der Waals surface area contributed by atoms with Crippen LogP contribution in [0.4, 0.5) is 5.95 Å². The van der Waals surface area contributed by atoms with E-state index in [1.165, 1.54) is 7.11 Å². The number of nitrogens with zero attached hydrogens (tertiary/aromatic N) is 4. The molecule has 2 heterocycles. The Labute approximate surface area is 126 Å². The van der Waals surface area contributed by atoms with E-state index in [9.17, 15) is 4.79 Å². The first kappa shape index (κ1) is 13.8. The number of rotatable bonds is 4. The number of carbonyl (C=O) groups is 1. The number of ether oxygens (including phenoxy) is 1. The summed E-state index contributed by atoms with van der Waals surface area (Å²) in [5, 5.41) is 13.3. The van der Waals surface area contributed by atoms with E-state index >= 15 is 0 Å². The average molecular weight is 298 g/mol. The predicted octanol–water partition coefficient (Wildman–Crippen LogP) is 1.56. The summed E-state index contributed by atoms with van der Waals surface area (Å²) in [4.78, 5) is 16.2. The SMILES string of the molecule is COc1n[nH]c(NC(=O)c2cn(-c3ccccc3)nc2C)n1. The molecule has 0 saturated heterocycles. The summed E-state index contributed by atoms with van der Waals surface area (Å²) in [6.45, 7) is 1.77. The van der Waals surface area contributed by atoms with Crippen molar-refractivity contribution in [3.63, 3.8) is 0 Å². The molecule has 1 aromatic carbocycles. The van der Waals surface area contributed by atoms with Gasteiger partial charge in [-0.1, -0.05) is 18.2 Å². The van der Waals surface area contributed by atoms with E-state index in [0.717, 1.165) is 5.69 Å². The second-order valence-corrected chi connectivity index (χ2v) is 4.53. The largest absolute Gasteiger partial charge is 0.466 e. The summed E-state index contributed by atoms with van der Waals surface area (Å²) in [5.41, 5.74) is 1.96. The van der Waals surface area contributed by atoms with Gasteiger partial charge in [0.25, 0.3) is 5.91 Å². The molecule has 2 aromatic heterocycles. The quantitative estimate of drug-likeness (QED) is 0.761. The van der Waals surface area contributed by atoms with Gasteiger partial charge in [0.1, 0.15) is 0 Å². The fourth-order valence-corrected chi connectivity index (χ4v) is 1.96. The zero-order valence-corrected chi connectivity index (χ0v) is 12.1. The van der Waals surface area contributed by atoms with Crippen molar-refractivity contribution in [3.8, 4) is 11.7 Å². The normalized spacial score (nSPS) is 10.5. The minimum Gasteiger partial charge on any atom is -0.466 e. The Morgan fingerprint density at radius 1 is 1.32 bits per heavy atom. The Balaban J connectivity index is 1.82. The third-order valence-corrected chi connectivity index (χ3v) is 3.04. The van der Waals surface area contributed by atoms with Gasteiger partial charge in [0.2, 0.25) is 5.95 Å². The van der Waals surface area contributed by atoms with E-state index in [1.54, 1.807) is 17.8 Å². The molecule has 0 fully saturated rings. The molecule has 8 heteroatoms. The number of aryl methyl sites for hydroxylation is 1. The Morgan fingerprint density at radius 2 is 2.09 bits per heavy atom. The van der Waals surface area contributed by atoms with Gasteiger partial charge in [-0.25, -0.2) is 9.78 Å². The van der Waals surface area contributed by atoms with Crippen molar-refractivity contribution in [1.29, 1.82) is 0 Å². The molecule has 8 nitrogen and oxygen atoms in total. The van der Waals surface area contributed by atoms with Crippen molar-refractivity contribution in [2.45, 2.75) is 6.92 Å². The van der Waals surface area contributed by atoms with Gasteiger partial charge in [-0.05, 0) is 19.1 Å². The van der Waals surface area contributed by atoms with Gasteiger partial charge < -0.3 is 4.74 Å². The Morgan fingerprint density at radius 3 is 2.77 bits per heavy atom. The van der Waals surface area contributed by atoms with Gasteiger partial charge in [-0.2, -0.15) is 10.1 Å². The van der Waals surface area contributed by atoms with E-state index in [-0.39, 0.29) is 17.9 Å². The molecule has 22 heavy (non-hydrogen) atoms. The molecular formula is C14H14N6O2. The number of aromatic nitrogens is 5. The van der Waals surface area contributed by atoms with Crippen LogP contribution in [0, 0.1) is 6.92 Å². The summed E-state index contributed by atoms with van der Waals surface area (Å²) in [5.74, 6) is -0.104. The maximum atomic E-state index is 12.3. The lowest BCUT2D eigenvalue weighted by molar-refractivity contribution is 0.102. The summed E-state index contributed by atoms with van der Waals surface area (Å²) < 4.78 is 6.50. The monoisotopic (exact) mass is 298 g/mol. The molecule has 0 unspecified atom stereocenters. The average Bonchev–Trinajstić information content (AvgIpc) is 3.14. The number of anilines is 1. The molecule has 2 N–H and O–H groups in total. The minimum absolute atomic E-state index is 0.159. The fourth-order valence-electron chi connectivity index (χ4n) is 1.96. The lowest BCUT2D eigenvalue weighted by Crippen LogP contribution is -2.13. The molecule has 3 rings (SSSR count). The molecular weight excluding hydrogens is 284 g/mol. The number of benzene rings is 1. The number of methoxy groups -OCH3 is 1. The predicted molar refractivity (Wildman–Crippen MR) is 79.2 cm³/mol. The highest BCUT2D eigenvalue weighted by atomic mass is 16.5. The molecule has 1 amide bonds. The number of H-pyrrole nitrogens is 1. The first-order valence-corrected chi connectivity index (χ1v) is 6.57. The molecule has 0 bridgehead atoms. The van der Waals surface area contributed by atoms with Crippen molar-refractivity contribution in [2.75, 3.05) is 12.4 Å². The van der Waals surface area contributed by atoms with Crippen molar-refractivity contribution in [3.05, 3.63) is 47.8 Å².